The lowest BCUT2D eigenvalue weighted by molar-refractivity contribution is -0.122. The van der Waals surface area contributed by atoms with Gasteiger partial charge in [0.2, 0.25) is 0 Å². The fraction of sp³-hybridized carbons (Fsp3) is 0.235. The Bertz CT molecular complexity index is 652. The lowest BCUT2D eigenvalue weighted by Gasteiger charge is -2.13. The van der Waals surface area contributed by atoms with E-state index in [-0.39, 0.29) is 5.91 Å². The molecule has 0 radical (unpaired) electrons. The normalized spacial score (nSPS) is 15.6. The zero-order chi connectivity index (χ0) is 15.5. The maximum absolute atomic E-state index is 12.4. The molecule has 0 bridgehead atoms. The molecule has 1 aliphatic rings. The molecule has 1 amide bonds. The number of amides is 1. The average molecular weight is 299 g/mol. The van der Waals surface area contributed by atoms with Crippen molar-refractivity contribution in [3.63, 3.8) is 0 Å². The standard InChI is InChI=1S/C17H17NO4/c1-20-13-8-12(9-14(10-13)21-2)18-17(19)16-7-11-5-3-4-6-15(11)22-16/h3-6,8-10,16H,7H2,1-2H3,(H,18,19). The van der Waals surface area contributed by atoms with Gasteiger partial charge in [-0.05, 0) is 11.6 Å². The third-order valence-corrected chi connectivity index (χ3v) is 3.56. The third-order valence-electron chi connectivity index (χ3n) is 3.56. The third kappa shape index (κ3) is 2.83. The molecule has 22 heavy (non-hydrogen) atoms. The van der Waals surface area contributed by atoms with Gasteiger partial charge in [0.05, 0.1) is 14.2 Å². The van der Waals surface area contributed by atoms with E-state index in [1.54, 1.807) is 32.4 Å². The van der Waals surface area contributed by atoms with Gasteiger partial charge in [-0.1, -0.05) is 18.2 Å². The van der Waals surface area contributed by atoms with Crippen molar-refractivity contribution in [1.29, 1.82) is 0 Å². The molecule has 1 unspecified atom stereocenters. The Morgan fingerprint density at radius 2 is 1.82 bits per heavy atom. The van der Waals surface area contributed by atoms with Crippen LogP contribution in [-0.4, -0.2) is 26.2 Å². The van der Waals surface area contributed by atoms with Crippen LogP contribution in [0.1, 0.15) is 5.56 Å². The summed E-state index contributed by atoms with van der Waals surface area (Å²) in [5.74, 6) is 1.81. The summed E-state index contributed by atoms with van der Waals surface area (Å²) in [6, 6.07) is 12.9. The number of ether oxygens (including phenoxy) is 3. The molecule has 0 aliphatic carbocycles. The Balaban J connectivity index is 1.73. The minimum Gasteiger partial charge on any atom is -0.497 e. The van der Waals surface area contributed by atoms with Crippen molar-refractivity contribution >= 4 is 11.6 Å². The molecule has 1 aliphatic heterocycles. The summed E-state index contributed by atoms with van der Waals surface area (Å²) in [4.78, 5) is 12.4. The average Bonchev–Trinajstić information content (AvgIpc) is 2.98. The highest BCUT2D eigenvalue weighted by Crippen LogP contribution is 2.30. The maximum Gasteiger partial charge on any atom is 0.265 e. The molecular formula is C17H17NO4. The Hall–Kier alpha value is -2.69. The summed E-state index contributed by atoms with van der Waals surface area (Å²) in [5.41, 5.74) is 1.66. The topological polar surface area (TPSA) is 56.8 Å². The molecule has 5 nitrogen and oxygen atoms in total. The van der Waals surface area contributed by atoms with Gasteiger partial charge in [-0.15, -0.1) is 0 Å². The van der Waals surface area contributed by atoms with Crippen molar-refractivity contribution in [2.24, 2.45) is 0 Å². The van der Waals surface area contributed by atoms with Gasteiger partial charge in [0.15, 0.2) is 6.10 Å². The summed E-state index contributed by atoms with van der Waals surface area (Å²) < 4.78 is 16.1. The number of carbonyl (C=O) groups is 1. The molecule has 0 spiro atoms. The number of methoxy groups -OCH3 is 2. The summed E-state index contributed by atoms with van der Waals surface area (Å²) in [6.45, 7) is 0. The summed E-state index contributed by atoms with van der Waals surface area (Å²) >= 11 is 0. The van der Waals surface area contributed by atoms with Crippen molar-refractivity contribution in [3.05, 3.63) is 48.0 Å². The fourth-order valence-corrected chi connectivity index (χ4v) is 2.43. The van der Waals surface area contributed by atoms with Crippen LogP contribution in [0.15, 0.2) is 42.5 Å². The smallest absolute Gasteiger partial charge is 0.265 e. The van der Waals surface area contributed by atoms with Gasteiger partial charge in [-0.2, -0.15) is 0 Å². The quantitative estimate of drug-likeness (QED) is 0.943. The van der Waals surface area contributed by atoms with Gasteiger partial charge in [0, 0.05) is 30.3 Å². The number of fused-ring (bicyclic) bond motifs is 1. The zero-order valence-electron chi connectivity index (χ0n) is 12.5. The number of carbonyl (C=O) groups excluding carboxylic acids is 1. The first-order valence-electron chi connectivity index (χ1n) is 6.98. The number of rotatable bonds is 4. The highest BCUT2D eigenvalue weighted by atomic mass is 16.5. The van der Waals surface area contributed by atoms with Crippen LogP contribution in [0.25, 0.3) is 0 Å². The van der Waals surface area contributed by atoms with Crippen molar-refractivity contribution in [2.45, 2.75) is 12.5 Å². The van der Waals surface area contributed by atoms with Crippen LogP contribution in [0.3, 0.4) is 0 Å². The van der Waals surface area contributed by atoms with E-state index in [2.05, 4.69) is 5.32 Å². The minimum absolute atomic E-state index is 0.188. The van der Waals surface area contributed by atoms with Crippen LogP contribution >= 0.6 is 0 Å². The molecule has 1 heterocycles. The van der Waals surface area contributed by atoms with E-state index in [9.17, 15) is 4.79 Å². The van der Waals surface area contributed by atoms with Crippen molar-refractivity contribution in [3.8, 4) is 17.2 Å². The highest BCUT2D eigenvalue weighted by Gasteiger charge is 2.28. The number of benzene rings is 2. The van der Waals surface area contributed by atoms with E-state index in [1.807, 2.05) is 24.3 Å². The summed E-state index contributed by atoms with van der Waals surface area (Å²) in [7, 11) is 3.13. The molecule has 5 heteroatoms. The van der Waals surface area contributed by atoms with E-state index in [0.29, 0.717) is 23.6 Å². The number of hydrogen-bond acceptors (Lipinski definition) is 4. The molecule has 0 saturated carbocycles. The Morgan fingerprint density at radius 3 is 2.45 bits per heavy atom. The minimum atomic E-state index is -0.519. The summed E-state index contributed by atoms with van der Waals surface area (Å²) in [6.07, 6.45) is 0.0536. The number of anilines is 1. The molecule has 2 aromatic carbocycles. The molecule has 0 aromatic heterocycles. The van der Waals surface area contributed by atoms with E-state index in [1.165, 1.54) is 0 Å². The number of para-hydroxylation sites is 1. The molecule has 0 fully saturated rings. The second-order valence-corrected chi connectivity index (χ2v) is 5.01. The predicted octanol–water partition coefficient (Wildman–Crippen LogP) is 2.65. The Kier molecular flexibility index (Phi) is 3.87. The fourth-order valence-electron chi connectivity index (χ4n) is 2.43. The van der Waals surface area contributed by atoms with E-state index in [4.69, 9.17) is 14.2 Å². The summed E-state index contributed by atoms with van der Waals surface area (Å²) in [5, 5.41) is 2.84. The van der Waals surface area contributed by atoms with Crippen LogP contribution in [0.2, 0.25) is 0 Å². The second-order valence-electron chi connectivity index (χ2n) is 5.01. The molecular weight excluding hydrogens is 282 g/mol. The van der Waals surface area contributed by atoms with Gasteiger partial charge in [-0.25, -0.2) is 0 Å². The van der Waals surface area contributed by atoms with Gasteiger partial charge >= 0.3 is 0 Å². The van der Waals surface area contributed by atoms with E-state index in [0.717, 1.165) is 11.3 Å². The highest BCUT2D eigenvalue weighted by molar-refractivity contribution is 5.95. The first-order valence-corrected chi connectivity index (χ1v) is 6.98. The van der Waals surface area contributed by atoms with Gasteiger partial charge in [-0.3, -0.25) is 4.79 Å². The van der Waals surface area contributed by atoms with Crippen molar-refractivity contribution in [1.82, 2.24) is 0 Å². The van der Waals surface area contributed by atoms with Crippen LogP contribution < -0.4 is 19.5 Å². The SMILES string of the molecule is COc1cc(NC(=O)C2Cc3ccccc3O2)cc(OC)c1. The number of nitrogens with one attached hydrogen (secondary N) is 1. The van der Waals surface area contributed by atoms with Crippen LogP contribution in [0.4, 0.5) is 5.69 Å². The van der Waals surface area contributed by atoms with Gasteiger partial charge in [0.1, 0.15) is 17.2 Å². The molecule has 2 aromatic rings. The molecule has 3 rings (SSSR count). The lowest BCUT2D eigenvalue weighted by atomic mass is 10.1. The predicted molar refractivity (Wildman–Crippen MR) is 82.7 cm³/mol. The molecule has 114 valence electrons. The van der Waals surface area contributed by atoms with Crippen LogP contribution in [-0.2, 0) is 11.2 Å². The Morgan fingerprint density at radius 1 is 1.14 bits per heavy atom. The zero-order valence-corrected chi connectivity index (χ0v) is 12.5. The molecule has 1 N–H and O–H groups in total. The van der Waals surface area contributed by atoms with E-state index < -0.39 is 6.10 Å². The van der Waals surface area contributed by atoms with Gasteiger partial charge in [0.25, 0.3) is 5.91 Å². The van der Waals surface area contributed by atoms with Gasteiger partial charge < -0.3 is 19.5 Å². The largest absolute Gasteiger partial charge is 0.497 e. The number of hydrogen-bond donors (Lipinski definition) is 1. The molecule has 0 saturated heterocycles. The van der Waals surface area contributed by atoms with E-state index >= 15 is 0 Å². The second kappa shape index (κ2) is 5.97. The van der Waals surface area contributed by atoms with Crippen molar-refractivity contribution < 1.29 is 19.0 Å². The van der Waals surface area contributed by atoms with Crippen molar-refractivity contribution in [2.75, 3.05) is 19.5 Å². The van der Waals surface area contributed by atoms with Crippen LogP contribution in [0.5, 0.6) is 17.2 Å². The Labute approximate surface area is 128 Å². The monoisotopic (exact) mass is 299 g/mol. The first kappa shape index (κ1) is 14.3. The lowest BCUT2D eigenvalue weighted by Crippen LogP contribution is -2.31. The molecule has 1 atom stereocenters. The van der Waals surface area contributed by atoms with Crippen LogP contribution in [0, 0.1) is 0 Å². The first-order chi connectivity index (χ1) is 10.7. The maximum atomic E-state index is 12.4.